The van der Waals surface area contributed by atoms with Gasteiger partial charge in [0.1, 0.15) is 5.82 Å². The molecule has 0 spiro atoms. The number of benzene rings is 1. The molecular weight excluding hydrogens is 221 g/mol. The van der Waals surface area contributed by atoms with Crippen molar-refractivity contribution in [2.45, 2.75) is 19.0 Å². The van der Waals surface area contributed by atoms with Crippen LogP contribution in [-0.2, 0) is 6.54 Å². The van der Waals surface area contributed by atoms with E-state index in [0.29, 0.717) is 6.54 Å². The van der Waals surface area contributed by atoms with Gasteiger partial charge in [-0.15, -0.1) is 0 Å². The molecule has 0 bridgehead atoms. The van der Waals surface area contributed by atoms with Crippen LogP contribution >= 0.6 is 0 Å². The topological polar surface area (TPSA) is 53.2 Å². The van der Waals surface area contributed by atoms with Crippen molar-refractivity contribution in [2.24, 2.45) is 0 Å². The van der Waals surface area contributed by atoms with Crippen molar-refractivity contribution in [3.63, 3.8) is 0 Å². The van der Waals surface area contributed by atoms with Gasteiger partial charge >= 0.3 is 6.03 Å². The molecule has 0 aliphatic carbocycles. The second kappa shape index (κ2) is 5.63. The summed E-state index contributed by atoms with van der Waals surface area (Å²) in [6.45, 7) is 2.18. The molecule has 1 aliphatic heterocycles. The molecule has 1 atom stereocenters. The average Bonchev–Trinajstić information content (AvgIpc) is 2.81. The van der Waals surface area contributed by atoms with Crippen LogP contribution in [0.3, 0.4) is 0 Å². The van der Waals surface area contributed by atoms with Gasteiger partial charge in [-0.05, 0) is 30.7 Å². The van der Waals surface area contributed by atoms with Crippen LogP contribution in [0.5, 0.6) is 0 Å². The van der Waals surface area contributed by atoms with Crippen LogP contribution in [0.4, 0.5) is 9.18 Å². The number of rotatable bonds is 3. The smallest absolute Gasteiger partial charge is 0.315 e. The maximum absolute atomic E-state index is 12.6. The highest BCUT2D eigenvalue weighted by atomic mass is 19.1. The van der Waals surface area contributed by atoms with Gasteiger partial charge < -0.3 is 16.0 Å². The first-order valence-electron chi connectivity index (χ1n) is 5.73. The van der Waals surface area contributed by atoms with Gasteiger partial charge in [0.15, 0.2) is 0 Å². The summed E-state index contributed by atoms with van der Waals surface area (Å²) in [5.74, 6) is -0.268. The molecule has 0 saturated carbocycles. The van der Waals surface area contributed by atoms with Gasteiger partial charge in [-0.25, -0.2) is 9.18 Å². The quantitative estimate of drug-likeness (QED) is 0.734. The molecule has 0 aromatic heterocycles. The van der Waals surface area contributed by atoms with E-state index in [0.717, 1.165) is 25.1 Å². The van der Waals surface area contributed by atoms with E-state index in [1.54, 1.807) is 12.1 Å². The second-order valence-electron chi connectivity index (χ2n) is 4.14. The lowest BCUT2D eigenvalue weighted by Gasteiger charge is -2.12. The zero-order chi connectivity index (χ0) is 12.1. The first kappa shape index (κ1) is 11.9. The molecule has 2 rings (SSSR count). The predicted molar refractivity (Wildman–Crippen MR) is 63.0 cm³/mol. The molecule has 0 unspecified atom stereocenters. The molecule has 92 valence electrons. The number of carbonyl (C=O) groups excluding carboxylic acids is 1. The molecule has 1 aliphatic rings. The van der Waals surface area contributed by atoms with Crippen LogP contribution in [0.1, 0.15) is 12.0 Å². The molecule has 1 saturated heterocycles. The van der Waals surface area contributed by atoms with E-state index in [1.165, 1.54) is 12.1 Å². The zero-order valence-corrected chi connectivity index (χ0v) is 9.50. The highest BCUT2D eigenvalue weighted by Crippen LogP contribution is 2.02. The van der Waals surface area contributed by atoms with Crippen molar-refractivity contribution in [3.05, 3.63) is 35.6 Å². The van der Waals surface area contributed by atoms with E-state index in [9.17, 15) is 9.18 Å². The lowest BCUT2D eigenvalue weighted by molar-refractivity contribution is 0.237. The summed E-state index contributed by atoms with van der Waals surface area (Å²) in [5, 5.41) is 8.79. The molecule has 1 heterocycles. The van der Waals surface area contributed by atoms with Gasteiger partial charge in [-0.1, -0.05) is 12.1 Å². The van der Waals surface area contributed by atoms with Crippen LogP contribution < -0.4 is 16.0 Å². The number of hydrogen-bond donors (Lipinski definition) is 3. The standard InChI is InChI=1S/C12H16FN3O/c13-10-3-1-9(2-4-10)7-15-12(17)16-11-5-6-14-8-11/h1-4,11,14H,5-8H2,(H2,15,16,17)/t11-/m1/s1. The second-order valence-corrected chi connectivity index (χ2v) is 4.14. The largest absolute Gasteiger partial charge is 0.334 e. The van der Waals surface area contributed by atoms with E-state index in [4.69, 9.17) is 0 Å². The maximum Gasteiger partial charge on any atom is 0.315 e. The molecule has 1 aromatic carbocycles. The number of amides is 2. The lowest BCUT2D eigenvalue weighted by Crippen LogP contribution is -2.42. The molecule has 1 aromatic rings. The Morgan fingerprint density at radius 2 is 2.18 bits per heavy atom. The van der Waals surface area contributed by atoms with Crippen molar-refractivity contribution >= 4 is 6.03 Å². The molecule has 1 fully saturated rings. The third-order valence-corrected chi connectivity index (χ3v) is 2.76. The Bertz CT molecular complexity index is 374. The summed E-state index contributed by atoms with van der Waals surface area (Å²) >= 11 is 0. The Morgan fingerprint density at radius 1 is 1.41 bits per heavy atom. The van der Waals surface area contributed by atoms with Gasteiger partial charge in [0.25, 0.3) is 0 Å². The van der Waals surface area contributed by atoms with Crippen LogP contribution in [-0.4, -0.2) is 25.2 Å². The fourth-order valence-electron chi connectivity index (χ4n) is 1.80. The van der Waals surface area contributed by atoms with Crippen molar-refractivity contribution in [1.82, 2.24) is 16.0 Å². The van der Waals surface area contributed by atoms with E-state index in [1.807, 2.05) is 0 Å². The Hall–Kier alpha value is -1.62. The number of hydrogen-bond acceptors (Lipinski definition) is 2. The van der Waals surface area contributed by atoms with Gasteiger partial charge in [0.05, 0.1) is 0 Å². The SMILES string of the molecule is O=C(NCc1ccc(F)cc1)N[C@@H]1CCNC1. The minimum absolute atomic E-state index is 0.178. The lowest BCUT2D eigenvalue weighted by atomic mass is 10.2. The molecule has 5 heteroatoms. The Balaban J connectivity index is 1.73. The van der Waals surface area contributed by atoms with Crippen LogP contribution in [0.2, 0.25) is 0 Å². The van der Waals surface area contributed by atoms with Crippen molar-refractivity contribution in [2.75, 3.05) is 13.1 Å². The molecule has 2 amide bonds. The van der Waals surface area contributed by atoms with E-state index in [2.05, 4.69) is 16.0 Å². The fourth-order valence-corrected chi connectivity index (χ4v) is 1.80. The molecule has 4 nitrogen and oxygen atoms in total. The zero-order valence-electron chi connectivity index (χ0n) is 9.50. The Labute approximate surface area is 99.6 Å². The highest BCUT2D eigenvalue weighted by Gasteiger charge is 2.15. The van der Waals surface area contributed by atoms with E-state index >= 15 is 0 Å². The molecular formula is C12H16FN3O. The van der Waals surface area contributed by atoms with Gasteiger partial charge in [-0.3, -0.25) is 0 Å². The summed E-state index contributed by atoms with van der Waals surface area (Å²) in [6.07, 6.45) is 0.962. The van der Waals surface area contributed by atoms with Gasteiger partial charge in [0, 0.05) is 19.1 Å². The summed E-state index contributed by atoms with van der Waals surface area (Å²) in [6, 6.07) is 6.12. The number of halogens is 1. The number of urea groups is 1. The molecule has 3 N–H and O–H groups in total. The minimum Gasteiger partial charge on any atom is -0.334 e. The van der Waals surface area contributed by atoms with Crippen molar-refractivity contribution < 1.29 is 9.18 Å². The first-order chi connectivity index (χ1) is 8.24. The van der Waals surface area contributed by atoms with Crippen molar-refractivity contribution in [3.8, 4) is 0 Å². The number of carbonyl (C=O) groups is 1. The van der Waals surface area contributed by atoms with Crippen LogP contribution in [0, 0.1) is 5.82 Å². The summed E-state index contributed by atoms with van der Waals surface area (Å²) in [7, 11) is 0. The van der Waals surface area contributed by atoms with Crippen molar-refractivity contribution in [1.29, 1.82) is 0 Å². The van der Waals surface area contributed by atoms with Gasteiger partial charge in [-0.2, -0.15) is 0 Å². The number of nitrogens with one attached hydrogen (secondary N) is 3. The first-order valence-corrected chi connectivity index (χ1v) is 5.73. The van der Waals surface area contributed by atoms with Crippen LogP contribution in [0.15, 0.2) is 24.3 Å². The van der Waals surface area contributed by atoms with E-state index < -0.39 is 0 Å². The normalized spacial score (nSPS) is 19.0. The molecule has 0 radical (unpaired) electrons. The summed E-state index contributed by atoms with van der Waals surface area (Å²) in [5.41, 5.74) is 0.881. The van der Waals surface area contributed by atoms with Gasteiger partial charge in [0.2, 0.25) is 0 Å². The Morgan fingerprint density at radius 3 is 2.82 bits per heavy atom. The summed E-state index contributed by atoms with van der Waals surface area (Å²) < 4.78 is 12.6. The minimum atomic E-state index is -0.268. The third-order valence-electron chi connectivity index (χ3n) is 2.76. The summed E-state index contributed by atoms with van der Waals surface area (Å²) in [4.78, 5) is 11.5. The molecule has 17 heavy (non-hydrogen) atoms. The Kier molecular flexibility index (Phi) is 3.93. The highest BCUT2D eigenvalue weighted by molar-refractivity contribution is 5.74. The predicted octanol–water partition coefficient (Wildman–Crippen LogP) is 0.987. The van der Waals surface area contributed by atoms with Crippen LogP contribution in [0.25, 0.3) is 0 Å². The fraction of sp³-hybridized carbons (Fsp3) is 0.417. The maximum atomic E-state index is 12.6. The third kappa shape index (κ3) is 3.71. The van der Waals surface area contributed by atoms with E-state index in [-0.39, 0.29) is 17.9 Å². The average molecular weight is 237 g/mol. The monoisotopic (exact) mass is 237 g/mol.